The predicted octanol–water partition coefficient (Wildman–Crippen LogP) is 1.94. The molecular weight excluding hydrogens is 217 g/mol. The van der Waals surface area contributed by atoms with Crippen LogP contribution in [0.4, 0.5) is 15.8 Å². The third kappa shape index (κ3) is 2.88. The van der Waals surface area contributed by atoms with Gasteiger partial charge in [0, 0.05) is 30.5 Å². The maximum atomic E-state index is 13.4. The average molecular weight is 237 g/mol. The van der Waals surface area contributed by atoms with E-state index in [1.54, 1.807) is 6.07 Å². The van der Waals surface area contributed by atoms with E-state index in [1.165, 1.54) is 6.07 Å². The molecule has 2 N–H and O–H groups in total. The standard InChI is InChI=1S/C13H20FN3/c1-10-9-16(2)4-3-5-17(10)13-7-11(14)6-12(15)8-13/h6-8,10H,3-5,9,15H2,1-2H3. The summed E-state index contributed by atoms with van der Waals surface area (Å²) in [5.41, 5.74) is 7.09. The molecule has 2 rings (SSSR count). The van der Waals surface area contributed by atoms with Gasteiger partial charge in [-0.15, -0.1) is 0 Å². The smallest absolute Gasteiger partial charge is 0.127 e. The minimum Gasteiger partial charge on any atom is -0.399 e. The van der Waals surface area contributed by atoms with Gasteiger partial charge in [-0.05, 0) is 45.1 Å². The number of hydrogen-bond donors (Lipinski definition) is 1. The number of rotatable bonds is 1. The highest BCUT2D eigenvalue weighted by molar-refractivity contribution is 5.57. The van der Waals surface area contributed by atoms with Crippen molar-refractivity contribution < 1.29 is 4.39 Å². The molecule has 17 heavy (non-hydrogen) atoms. The van der Waals surface area contributed by atoms with Crippen molar-refractivity contribution in [2.24, 2.45) is 0 Å². The first kappa shape index (κ1) is 12.2. The van der Waals surface area contributed by atoms with Crippen LogP contribution in [0.1, 0.15) is 13.3 Å². The number of nitrogen functional groups attached to an aromatic ring is 1. The van der Waals surface area contributed by atoms with Crippen LogP contribution in [0.3, 0.4) is 0 Å². The van der Waals surface area contributed by atoms with Crippen LogP contribution in [-0.4, -0.2) is 37.6 Å². The van der Waals surface area contributed by atoms with E-state index in [4.69, 9.17) is 5.73 Å². The van der Waals surface area contributed by atoms with E-state index in [0.29, 0.717) is 11.7 Å². The van der Waals surface area contributed by atoms with Crippen LogP contribution in [-0.2, 0) is 0 Å². The Hall–Kier alpha value is -1.29. The van der Waals surface area contributed by atoms with Gasteiger partial charge < -0.3 is 15.5 Å². The minimum absolute atomic E-state index is 0.259. The second-order valence-corrected chi connectivity index (χ2v) is 4.90. The molecule has 0 aliphatic carbocycles. The molecule has 1 aliphatic rings. The SMILES string of the molecule is CC1CN(C)CCCN1c1cc(N)cc(F)c1. The molecule has 1 aliphatic heterocycles. The summed E-state index contributed by atoms with van der Waals surface area (Å²) in [5.74, 6) is -0.259. The van der Waals surface area contributed by atoms with Gasteiger partial charge in [-0.2, -0.15) is 0 Å². The van der Waals surface area contributed by atoms with Crippen molar-refractivity contribution in [2.75, 3.05) is 37.3 Å². The third-order valence-electron chi connectivity index (χ3n) is 3.28. The molecule has 0 spiro atoms. The van der Waals surface area contributed by atoms with E-state index in [-0.39, 0.29) is 5.82 Å². The highest BCUT2D eigenvalue weighted by Crippen LogP contribution is 2.23. The van der Waals surface area contributed by atoms with Crippen molar-refractivity contribution in [1.82, 2.24) is 4.90 Å². The van der Waals surface area contributed by atoms with Gasteiger partial charge in [-0.25, -0.2) is 4.39 Å². The molecule has 3 nitrogen and oxygen atoms in total. The van der Waals surface area contributed by atoms with Crippen molar-refractivity contribution in [1.29, 1.82) is 0 Å². The molecule has 0 saturated carbocycles. The lowest BCUT2D eigenvalue weighted by atomic mass is 10.2. The van der Waals surface area contributed by atoms with Crippen LogP contribution in [0.25, 0.3) is 0 Å². The van der Waals surface area contributed by atoms with Gasteiger partial charge in [-0.1, -0.05) is 0 Å². The lowest BCUT2D eigenvalue weighted by Gasteiger charge is -2.30. The Kier molecular flexibility index (Phi) is 3.52. The maximum absolute atomic E-state index is 13.4. The Morgan fingerprint density at radius 3 is 2.76 bits per heavy atom. The van der Waals surface area contributed by atoms with E-state index in [9.17, 15) is 4.39 Å². The number of benzene rings is 1. The molecule has 1 fully saturated rings. The summed E-state index contributed by atoms with van der Waals surface area (Å²) in [5, 5.41) is 0. The second-order valence-electron chi connectivity index (χ2n) is 4.90. The summed E-state index contributed by atoms with van der Waals surface area (Å²) >= 11 is 0. The largest absolute Gasteiger partial charge is 0.399 e. The van der Waals surface area contributed by atoms with E-state index in [1.807, 2.05) is 6.07 Å². The Labute approximate surface area is 102 Å². The zero-order chi connectivity index (χ0) is 12.4. The molecule has 94 valence electrons. The van der Waals surface area contributed by atoms with E-state index < -0.39 is 0 Å². The Morgan fingerprint density at radius 2 is 2.06 bits per heavy atom. The summed E-state index contributed by atoms with van der Waals surface area (Å²) < 4.78 is 13.4. The van der Waals surface area contributed by atoms with Crippen LogP contribution in [0.2, 0.25) is 0 Å². The second kappa shape index (κ2) is 4.92. The average Bonchev–Trinajstić information content (AvgIpc) is 2.37. The molecule has 1 aromatic rings. The zero-order valence-corrected chi connectivity index (χ0v) is 10.5. The van der Waals surface area contributed by atoms with Crippen LogP contribution in [0, 0.1) is 5.82 Å². The van der Waals surface area contributed by atoms with Crippen LogP contribution in [0.5, 0.6) is 0 Å². The van der Waals surface area contributed by atoms with Crippen molar-refractivity contribution >= 4 is 11.4 Å². The fourth-order valence-corrected chi connectivity index (χ4v) is 2.52. The first-order valence-corrected chi connectivity index (χ1v) is 6.07. The molecular formula is C13H20FN3. The number of halogens is 1. The first-order chi connectivity index (χ1) is 8.06. The van der Waals surface area contributed by atoms with Crippen molar-refractivity contribution in [3.63, 3.8) is 0 Å². The lowest BCUT2D eigenvalue weighted by molar-refractivity contribution is 0.337. The summed E-state index contributed by atoms with van der Waals surface area (Å²) in [7, 11) is 2.12. The molecule has 1 atom stereocenters. The van der Waals surface area contributed by atoms with Crippen molar-refractivity contribution in [3.05, 3.63) is 24.0 Å². The van der Waals surface area contributed by atoms with Gasteiger partial charge in [0.05, 0.1) is 0 Å². The lowest BCUT2D eigenvalue weighted by Crippen LogP contribution is -2.38. The molecule has 0 radical (unpaired) electrons. The monoisotopic (exact) mass is 237 g/mol. The fourth-order valence-electron chi connectivity index (χ4n) is 2.52. The van der Waals surface area contributed by atoms with Gasteiger partial charge in [0.15, 0.2) is 0 Å². The first-order valence-electron chi connectivity index (χ1n) is 6.07. The van der Waals surface area contributed by atoms with Crippen LogP contribution in [0.15, 0.2) is 18.2 Å². The van der Waals surface area contributed by atoms with Gasteiger partial charge in [0.1, 0.15) is 5.82 Å². The highest BCUT2D eigenvalue weighted by Gasteiger charge is 2.20. The fraction of sp³-hybridized carbons (Fsp3) is 0.538. The molecule has 0 aromatic heterocycles. The molecule has 1 aromatic carbocycles. The molecule has 1 saturated heterocycles. The Bertz CT molecular complexity index is 374. The number of nitrogens with two attached hydrogens (primary N) is 1. The van der Waals surface area contributed by atoms with E-state index >= 15 is 0 Å². The normalized spacial score (nSPS) is 22.5. The summed E-state index contributed by atoms with van der Waals surface area (Å²) in [6.45, 7) is 5.21. The van der Waals surface area contributed by atoms with Crippen molar-refractivity contribution in [2.45, 2.75) is 19.4 Å². The maximum Gasteiger partial charge on any atom is 0.127 e. The van der Waals surface area contributed by atoms with Gasteiger partial charge in [-0.3, -0.25) is 0 Å². The van der Waals surface area contributed by atoms with Crippen LogP contribution >= 0.6 is 0 Å². The van der Waals surface area contributed by atoms with Gasteiger partial charge in [0.2, 0.25) is 0 Å². The molecule has 1 heterocycles. The molecule has 0 amide bonds. The molecule has 1 unspecified atom stereocenters. The number of anilines is 2. The zero-order valence-electron chi connectivity index (χ0n) is 10.5. The summed E-state index contributed by atoms with van der Waals surface area (Å²) in [6.07, 6.45) is 1.09. The Morgan fingerprint density at radius 1 is 1.29 bits per heavy atom. The summed E-state index contributed by atoms with van der Waals surface area (Å²) in [6, 6.07) is 5.16. The topological polar surface area (TPSA) is 32.5 Å². The summed E-state index contributed by atoms with van der Waals surface area (Å²) in [4.78, 5) is 4.55. The van der Waals surface area contributed by atoms with Crippen molar-refractivity contribution in [3.8, 4) is 0 Å². The third-order valence-corrected chi connectivity index (χ3v) is 3.28. The predicted molar refractivity (Wildman–Crippen MR) is 69.7 cm³/mol. The number of hydrogen-bond acceptors (Lipinski definition) is 3. The molecule has 0 bridgehead atoms. The van der Waals surface area contributed by atoms with E-state index in [2.05, 4.69) is 23.8 Å². The van der Waals surface area contributed by atoms with Gasteiger partial charge in [0.25, 0.3) is 0 Å². The van der Waals surface area contributed by atoms with Gasteiger partial charge >= 0.3 is 0 Å². The Balaban J connectivity index is 2.25. The van der Waals surface area contributed by atoms with E-state index in [0.717, 1.165) is 31.7 Å². The number of likely N-dealkylation sites (N-methyl/N-ethyl adjacent to an activating group) is 1. The highest BCUT2D eigenvalue weighted by atomic mass is 19.1. The van der Waals surface area contributed by atoms with Crippen LogP contribution < -0.4 is 10.6 Å². The minimum atomic E-state index is -0.259. The molecule has 4 heteroatoms. The quantitative estimate of drug-likeness (QED) is 0.758. The number of nitrogens with zero attached hydrogens (tertiary/aromatic N) is 2.